The van der Waals surface area contributed by atoms with Crippen molar-refractivity contribution in [3.63, 3.8) is 0 Å². The molecule has 2 aromatic carbocycles. The van der Waals surface area contributed by atoms with Gasteiger partial charge in [0.2, 0.25) is 0 Å². The fourth-order valence-corrected chi connectivity index (χ4v) is 4.71. The van der Waals surface area contributed by atoms with E-state index in [1.54, 1.807) is 0 Å². The van der Waals surface area contributed by atoms with Crippen molar-refractivity contribution >= 4 is 23.9 Å². The molecule has 0 spiro atoms. The molecule has 0 bridgehead atoms. The van der Waals surface area contributed by atoms with Crippen LogP contribution in [0.25, 0.3) is 0 Å². The third-order valence-electron chi connectivity index (χ3n) is 7.18. The number of likely N-dealkylation sites (N-methyl/N-ethyl adjacent to an activating group) is 2. The first-order chi connectivity index (χ1) is 21.6. The summed E-state index contributed by atoms with van der Waals surface area (Å²) in [4.78, 5) is 38.8. The van der Waals surface area contributed by atoms with Crippen LogP contribution in [0, 0.1) is 0 Å². The normalized spacial score (nSPS) is 21.2. The smallest absolute Gasteiger partial charge is 0.547 e. The molecule has 2 aliphatic carbocycles. The number of aliphatic hydroxyl groups excluding tert-OH is 6. The number of hydrogen-bond acceptors (Lipinski definition) is 14. The molecular formula is C30H40N2Na2O14. The van der Waals surface area contributed by atoms with E-state index in [0.29, 0.717) is 0 Å². The average Bonchev–Trinajstić information content (AvgIpc) is 3.03. The van der Waals surface area contributed by atoms with E-state index in [1.165, 1.54) is 22.3 Å². The van der Waals surface area contributed by atoms with E-state index < -0.39 is 48.3 Å². The Bertz CT molecular complexity index is 1170. The van der Waals surface area contributed by atoms with E-state index in [2.05, 4.69) is 47.0 Å². The van der Waals surface area contributed by atoms with Gasteiger partial charge in [-0.15, -0.1) is 0 Å². The maximum atomic E-state index is 9.77. The van der Waals surface area contributed by atoms with Gasteiger partial charge in [0.1, 0.15) is 12.2 Å². The molecule has 2 aromatic rings. The SMILES string of the molecule is CN[C@@H]1c2ccccc2CC[C@H]1O.CN[C@@H]1c2ccccc2CC[C@H]1O.O=C(O)[C@H](O)[C@@H](O)C(=O)O.O=C([O-])[C@H](O)[C@@H](O)C(=O)[O-].[Na+].[Na+]. The van der Waals surface area contributed by atoms with E-state index in [1.807, 2.05) is 26.2 Å². The largest absolute Gasteiger partial charge is 1.00 e. The predicted octanol–water partition coefficient (Wildman–Crippen LogP) is -10.4. The molecule has 8 atom stereocenters. The number of benzene rings is 2. The van der Waals surface area contributed by atoms with E-state index in [4.69, 9.17) is 30.6 Å². The van der Waals surface area contributed by atoms with E-state index >= 15 is 0 Å². The van der Waals surface area contributed by atoms with Crippen molar-refractivity contribution in [1.82, 2.24) is 10.6 Å². The van der Waals surface area contributed by atoms with Gasteiger partial charge in [0, 0.05) is 0 Å². The Morgan fingerprint density at radius 1 is 0.625 bits per heavy atom. The number of fused-ring (bicyclic) bond motifs is 2. The van der Waals surface area contributed by atoms with Crippen LogP contribution < -0.4 is 80.0 Å². The molecule has 10 N–H and O–H groups in total. The molecule has 0 unspecified atom stereocenters. The minimum atomic E-state index is -2.44. The second-order valence-corrected chi connectivity index (χ2v) is 10.2. The fraction of sp³-hybridized carbons (Fsp3) is 0.467. The molecule has 0 aliphatic heterocycles. The summed E-state index contributed by atoms with van der Waals surface area (Å²) in [7, 11) is 3.80. The molecule has 16 nitrogen and oxygen atoms in total. The van der Waals surface area contributed by atoms with E-state index in [9.17, 15) is 39.6 Å². The topological polar surface area (TPSA) is 300 Å². The Morgan fingerprint density at radius 3 is 1.17 bits per heavy atom. The minimum absolute atomic E-state index is 0. The standard InChI is InChI=1S/2C11H15NO.2C4H6O6.2Na/c2*1-12-11-9-5-3-2-4-8(9)6-7-10(11)13;2*5-1(3(7)8)2(6)4(9)10;;/h2*2-5,10-13H,6-7H2,1H3;2*1-2,5-6H,(H,7,8)(H,9,10);;/q;;;;2*+1/p-2/t2*10-,11-;2*1-,2-;;/m1111../s1. The van der Waals surface area contributed by atoms with Crippen LogP contribution in [0.2, 0.25) is 0 Å². The van der Waals surface area contributed by atoms with Crippen LogP contribution in [-0.2, 0) is 32.0 Å². The third kappa shape index (κ3) is 14.9. The van der Waals surface area contributed by atoms with Gasteiger partial charge in [-0.1, -0.05) is 48.5 Å². The number of nitrogens with one attached hydrogen (secondary N) is 2. The molecule has 0 heterocycles. The number of aliphatic hydroxyl groups is 6. The number of aryl methyl sites for hydroxylation is 2. The monoisotopic (exact) mass is 698 g/mol. The Kier molecular flexibility index (Phi) is 24.3. The molecule has 18 heteroatoms. The Balaban J connectivity index is 0. The van der Waals surface area contributed by atoms with Crippen molar-refractivity contribution in [3.8, 4) is 0 Å². The molecule has 4 rings (SSSR count). The first-order valence-corrected chi connectivity index (χ1v) is 14.0. The van der Waals surface area contributed by atoms with Crippen molar-refractivity contribution < 1.29 is 129 Å². The number of carbonyl (C=O) groups excluding carboxylic acids is 2. The molecule has 0 radical (unpaired) electrons. The van der Waals surface area contributed by atoms with Crippen LogP contribution in [0.1, 0.15) is 47.2 Å². The molecule has 0 aromatic heterocycles. The predicted molar refractivity (Wildman–Crippen MR) is 154 cm³/mol. The van der Waals surface area contributed by atoms with Gasteiger partial charge < -0.3 is 71.3 Å². The first-order valence-electron chi connectivity index (χ1n) is 14.0. The zero-order chi connectivity index (χ0) is 35.1. The molecule has 2 aliphatic rings. The summed E-state index contributed by atoms with van der Waals surface area (Å²) in [6, 6.07) is 16.9. The number of carboxylic acid groups (broad SMARTS) is 4. The second-order valence-electron chi connectivity index (χ2n) is 10.2. The van der Waals surface area contributed by atoms with Gasteiger partial charge in [-0.25, -0.2) is 9.59 Å². The van der Waals surface area contributed by atoms with Crippen LogP contribution in [0.3, 0.4) is 0 Å². The fourth-order valence-electron chi connectivity index (χ4n) is 4.71. The summed E-state index contributed by atoms with van der Waals surface area (Å²) in [6.45, 7) is 0. The summed E-state index contributed by atoms with van der Waals surface area (Å²) in [6.07, 6.45) is -6.17. The van der Waals surface area contributed by atoms with Crippen LogP contribution >= 0.6 is 0 Å². The summed E-state index contributed by atoms with van der Waals surface area (Å²) < 4.78 is 0. The third-order valence-corrected chi connectivity index (χ3v) is 7.18. The van der Waals surface area contributed by atoms with E-state index in [-0.39, 0.29) is 83.4 Å². The van der Waals surface area contributed by atoms with Crippen molar-refractivity contribution in [3.05, 3.63) is 70.8 Å². The van der Waals surface area contributed by atoms with Crippen molar-refractivity contribution in [1.29, 1.82) is 0 Å². The zero-order valence-electron chi connectivity index (χ0n) is 27.1. The van der Waals surface area contributed by atoms with Gasteiger partial charge in [-0.3, -0.25) is 0 Å². The maximum Gasteiger partial charge on any atom is 1.00 e. The minimum Gasteiger partial charge on any atom is -0.547 e. The molecule has 0 saturated carbocycles. The van der Waals surface area contributed by atoms with Crippen molar-refractivity contribution in [2.45, 2.75) is 74.4 Å². The summed E-state index contributed by atoms with van der Waals surface area (Å²) in [5.74, 6) is -7.65. The summed E-state index contributed by atoms with van der Waals surface area (Å²) in [5, 5.41) is 94.1. The second kappa shape index (κ2) is 24.2. The van der Waals surface area contributed by atoms with Crippen LogP contribution in [-0.4, -0.2) is 115 Å². The Labute approximate surface area is 321 Å². The zero-order valence-corrected chi connectivity index (χ0v) is 31.1. The molecular weight excluding hydrogens is 658 g/mol. The van der Waals surface area contributed by atoms with Crippen molar-refractivity contribution in [2.75, 3.05) is 14.1 Å². The maximum absolute atomic E-state index is 9.77. The number of rotatable bonds is 8. The van der Waals surface area contributed by atoms with Gasteiger partial charge in [-0.05, 0) is 62.0 Å². The van der Waals surface area contributed by atoms with Crippen LogP contribution in [0.4, 0.5) is 0 Å². The average molecular weight is 699 g/mol. The molecule has 48 heavy (non-hydrogen) atoms. The Hall–Kier alpha value is -2.00. The van der Waals surface area contributed by atoms with Gasteiger partial charge in [0.05, 0.1) is 36.2 Å². The van der Waals surface area contributed by atoms with Crippen molar-refractivity contribution in [2.24, 2.45) is 0 Å². The molecule has 0 amide bonds. The first kappa shape index (κ1) is 48.1. The van der Waals surface area contributed by atoms with Gasteiger partial charge in [0.15, 0.2) is 12.2 Å². The number of aliphatic carboxylic acids is 4. The number of carboxylic acids is 4. The quantitative estimate of drug-likeness (QED) is 0.115. The summed E-state index contributed by atoms with van der Waals surface area (Å²) in [5.41, 5.74) is 5.24. The van der Waals surface area contributed by atoms with Gasteiger partial charge in [-0.2, -0.15) is 0 Å². The van der Waals surface area contributed by atoms with Gasteiger partial charge >= 0.3 is 71.1 Å². The summed E-state index contributed by atoms with van der Waals surface area (Å²) >= 11 is 0. The molecule has 0 saturated heterocycles. The van der Waals surface area contributed by atoms with Gasteiger partial charge in [0.25, 0.3) is 0 Å². The van der Waals surface area contributed by atoms with Crippen LogP contribution in [0.5, 0.6) is 0 Å². The van der Waals surface area contributed by atoms with Crippen LogP contribution in [0.15, 0.2) is 48.5 Å². The number of carbonyl (C=O) groups is 4. The van der Waals surface area contributed by atoms with E-state index in [0.717, 1.165) is 25.7 Å². The Morgan fingerprint density at radius 2 is 0.917 bits per heavy atom. The molecule has 0 fully saturated rings. The molecule has 256 valence electrons. The number of hydrogen-bond donors (Lipinski definition) is 10.